The van der Waals surface area contributed by atoms with Crippen LogP contribution in [0.5, 0.6) is 0 Å². The minimum Gasteiger partial charge on any atom is -0.396 e. The summed E-state index contributed by atoms with van der Waals surface area (Å²) in [7, 11) is 0. The van der Waals surface area contributed by atoms with Gasteiger partial charge < -0.3 is 16.2 Å². The SMILES string of the molecule is CC(C)(CCO)CNc1ncnc(N)c1[N+](=O)[O-]. The number of nitrogens with two attached hydrogens (primary N) is 1. The van der Waals surface area contributed by atoms with Crippen LogP contribution in [0.3, 0.4) is 0 Å². The van der Waals surface area contributed by atoms with E-state index < -0.39 is 4.92 Å². The molecule has 0 fully saturated rings. The van der Waals surface area contributed by atoms with Crippen LogP contribution in [-0.4, -0.2) is 33.1 Å². The number of aromatic nitrogens is 2. The number of nitro groups is 1. The molecular formula is C10H17N5O3. The van der Waals surface area contributed by atoms with Gasteiger partial charge in [-0.1, -0.05) is 13.8 Å². The predicted octanol–water partition coefficient (Wildman–Crippen LogP) is 0.788. The third-order valence-electron chi connectivity index (χ3n) is 2.56. The second-order valence-corrected chi connectivity index (χ2v) is 4.70. The Hall–Kier alpha value is -1.96. The normalized spacial score (nSPS) is 11.3. The predicted molar refractivity (Wildman–Crippen MR) is 67.1 cm³/mol. The van der Waals surface area contributed by atoms with Crippen LogP contribution in [0.1, 0.15) is 20.3 Å². The Kier molecular flexibility index (Phi) is 4.38. The van der Waals surface area contributed by atoms with E-state index in [0.29, 0.717) is 13.0 Å². The van der Waals surface area contributed by atoms with Crippen molar-refractivity contribution in [1.29, 1.82) is 0 Å². The number of nitrogens with zero attached hydrogens (tertiary/aromatic N) is 3. The van der Waals surface area contributed by atoms with Gasteiger partial charge in [0.25, 0.3) is 0 Å². The molecule has 4 N–H and O–H groups in total. The molecule has 0 radical (unpaired) electrons. The Balaban J connectivity index is 2.85. The zero-order chi connectivity index (χ0) is 13.8. The topological polar surface area (TPSA) is 127 Å². The van der Waals surface area contributed by atoms with Gasteiger partial charge in [0, 0.05) is 13.2 Å². The molecule has 0 aromatic carbocycles. The third-order valence-corrected chi connectivity index (χ3v) is 2.56. The lowest BCUT2D eigenvalue weighted by Gasteiger charge is -2.23. The van der Waals surface area contributed by atoms with Gasteiger partial charge in [-0.25, -0.2) is 9.97 Å². The Morgan fingerprint density at radius 3 is 2.78 bits per heavy atom. The van der Waals surface area contributed by atoms with Crippen LogP contribution in [-0.2, 0) is 0 Å². The molecule has 0 saturated heterocycles. The lowest BCUT2D eigenvalue weighted by atomic mass is 9.90. The van der Waals surface area contributed by atoms with E-state index in [1.54, 1.807) is 0 Å². The average molecular weight is 255 g/mol. The number of rotatable bonds is 6. The molecule has 0 atom stereocenters. The lowest BCUT2D eigenvalue weighted by molar-refractivity contribution is -0.383. The van der Waals surface area contributed by atoms with E-state index in [1.807, 2.05) is 13.8 Å². The van der Waals surface area contributed by atoms with Crippen molar-refractivity contribution in [3.05, 3.63) is 16.4 Å². The van der Waals surface area contributed by atoms with Gasteiger partial charge in [0.2, 0.25) is 11.6 Å². The van der Waals surface area contributed by atoms with E-state index in [4.69, 9.17) is 10.8 Å². The van der Waals surface area contributed by atoms with Gasteiger partial charge in [0.15, 0.2) is 0 Å². The van der Waals surface area contributed by atoms with Crippen molar-refractivity contribution in [3.63, 3.8) is 0 Å². The van der Waals surface area contributed by atoms with E-state index in [-0.39, 0.29) is 29.3 Å². The number of hydrogen-bond donors (Lipinski definition) is 3. The van der Waals surface area contributed by atoms with Crippen LogP contribution in [0.25, 0.3) is 0 Å². The van der Waals surface area contributed by atoms with Crippen LogP contribution in [0, 0.1) is 15.5 Å². The molecule has 100 valence electrons. The molecule has 1 aromatic rings. The molecule has 0 spiro atoms. The molecule has 0 bridgehead atoms. The number of aliphatic hydroxyl groups excluding tert-OH is 1. The molecule has 1 heterocycles. The first-order valence-electron chi connectivity index (χ1n) is 5.47. The summed E-state index contributed by atoms with van der Waals surface area (Å²) in [5, 5.41) is 22.6. The highest BCUT2D eigenvalue weighted by molar-refractivity contribution is 5.67. The van der Waals surface area contributed by atoms with E-state index in [2.05, 4.69) is 15.3 Å². The first-order chi connectivity index (χ1) is 8.37. The zero-order valence-electron chi connectivity index (χ0n) is 10.4. The first-order valence-corrected chi connectivity index (χ1v) is 5.47. The largest absolute Gasteiger partial charge is 0.396 e. The molecular weight excluding hydrogens is 238 g/mol. The van der Waals surface area contributed by atoms with Gasteiger partial charge in [-0.2, -0.15) is 0 Å². The molecule has 18 heavy (non-hydrogen) atoms. The van der Waals surface area contributed by atoms with E-state index in [0.717, 1.165) is 0 Å². The lowest BCUT2D eigenvalue weighted by Crippen LogP contribution is -2.25. The second kappa shape index (κ2) is 5.58. The van der Waals surface area contributed by atoms with Gasteiger partial charge in [0.1, 0.15) is 6.33 Å². The molecule has 0 aliphatic rings. The number of anilines is 2. The van der Waals surface area contributed by atoms with Crippen molar-refractivity contribution in [1.82, 2.24) is 9.97 Å². The molecule has 0 aliphatic carbocycles. The summed E-state index contributed by atoms with van der Waals surface area (Å²) in [6.45, 7) is 4.37. The van der Waals surface area contributed by atoms with E-state index >= 15 is 0 Å². The van der Waals surface area contributed by atoms with Crippen molar-refractivity contribution < 1.29 is 10.0 Å². The smallest absolute Gasteiger partial charge is 0.352 e. The van der Waals surface area contributed by atoms with E-state index in [1.165, 1.54) is 6.33 Å². The number of hydrogen-bond acceptors (Lipinski definition) is 7. The van der Waals surface area contributed by atoms with Crippen LogP contribution < -0.4 is 11.1 Å². The van der Waals surface area contributed by atoms with Crippen LogP contribution in [0.15, 0.2) is 6.33 Å². The number of nitrogen functional groups attached to an aromatic ring is 1. The van der Waals surface area contributed by atoms with Gasteiger partial charge in [0.05, 0.1) is 4.92 Å². The van der Waals surface area contributed by atoms with Crippen molar-refractivity contribution in [2.24, 2.45) is 5.41 Å². The summed E-state index contributed by atoms with van der Waals surface area (Å²) in [5.74, 6) is -0.0732. The van der Waals surface area contributed by atoms with Crippen LogP contribution >= 0.6 is 0 Å². The quantitative estimate of drug-likeness (QED) is 0.506. The fourth-order valence-corrected chi connectivity index (χ4v) is 1.42. The summed E-state index contributed by atoms with van der Waals surface area (Å²) in [6.07, 6.45) is 1.75. The van der Waals surface area contributed by atoms with Crippen molar-refractivity contribution in [2.45, 2.75) is 20.3 Å². The Labute approximate surface area is 104 Å². The molecule has 0 saturated carbocycles. The maximum Gasteiger partial charge on any atom is 0.352 e. The standard InChI is InChI=1S/C10H17N5O3/c1-10(2,3-4-16)5-12-9-7(15(17)18)8(11)13-6-14-9/h6,16H,3-5H2,1-2H3,(H3,11,12,13,14). The zero-order valence-corrected chi connectivity index (χ0v) is 10.4. The fourth-order valence-electron chi connectivity index (χ4n) is 1.42. The van der Waals surface area contributed by atoms with Gasteiger partial charge in [-0.15, -0.1) is 0 Å². The molecule has 1 rings (SSSR count). The van der Waals surface area contributed by atoms with E-state index in [9.17, 15) is 10.1 Å². The van der Waals surface area contributed by atoms with Crippen LogP contribution in [0.4, 0.5) is 17.3 Å². The highest BCUT2D eigenvalue weighted by Gasteiger charge is 2.23. The molecule has 1 aromatic heterocycles. The monoisotopic (exact) mass is 255 g/mol. The summed E-state index contributed by atoms with van der Waals surface area (Å²) >= 11 is 0. The third kappa shape index (κ3) is 3.52. The van der Waals surface area contributed by atoms with Crippen molar-refractivity contribution in [3.8, 4) is 0 Å². The second-order valence-electron chi connectivity index (χ2n) is 4.70. The number of aliphatic hydroxyl groups is 1. The van der Waals surface area contributed by atoms with Gasteiger partial charge >= 0.3 is 5.69 Å². The average Bonchev–Trinajstić information content (AvgIpc) is 2.26. The summed E-state index contributed by atoms with van der Waals surface area (Å²) in [4.78, 5) is 17.6. The first kappa shape index (κ1) is 14.1. The number of nitrogens with one attached hydrogen (secondary N) is 1. The molecule has 8 nitrogen and oxygen atoms in total. The minimum atomic E-state index is -0.614. The maximum absolute atomic E-state index is 10.9. The maximum atomic E-state index is 10.9. The fraction of sp³-hybridized carbons (Fsp3) is 0.600. The Morgan fingerprint density at radius 2 is 2.22 bits per heavy atom. The Bertz CT molecular complexity index is 436. The molecule has 0 unspecified atom stereocenters. The highest BCUT2D eigenvalue weighted by atomic mass is 16.6. The highest BCUT2D eigenvalue weighted by Crippen LogP contribution is 2.28. The van der Waals surface area contributed by atoms with Gasteiger partial charge in [-0.3, -0.25) is 10.1 Å². The summed E-state index contributed by atoms with van der Waals surface area (Å²) in [6, 6.07) is 0. The summed E-state index contributed by atoms with van der Waals surface area (Å²) < 4.78 is 0. The molecule has 0 aliphatic heterocycles. The molecule has 0 amide bonds. The van der Waals surface area contributed by atoms with Crippen molar-refractivity contribution in [2.75, 3.05) is 24.2 Å². The van der Waals surface area contributed by atoms with Crippen LogP contribution in [0.2, 0.25) is 0 Å². The summed E-state index contributed by atoms with van der Waals surface area (Å²) in [5.41, 5.74) is 4.92. The minimum absolute atomic E-state index is 0.0582. The van der Waals surface area contributed by atoms with Gasteiger partial charge in [-0.05, 0) is 11.8 Å². The Morgan fingerprint density at radius 1 is 1.56 bits per heavy atom. The van der Waals surface area contributed by atoms with Crippen molar-refractivity contribution >= 4 is 17.3 Å². The molecule has 8 heteroatoms.